The van der Waals surface area contributed by atoms with Gasteiger partial charge >= 0.3 is 6.03 Å². The molecule has 25 heavy (non-hydrogen) atoms. The Balaban J connectivity index is 2.06. The van der Waals surface area contributed by atoms with Crippen molar-refractivity contribution >= 4 is 11.7 Å². The topological polar surface area (TPSA) is 68.8 Å². The van der Waals surface area contributed by atoms with Crippen LogP contribution in [0.3, 0.4) is 0 Å². The number of carbonyl (C=O) groups excluding carboxylic acids is 1. The summed E-state index contributed by atoms with van der Waals surface area (Å²) >= 11 is 0. The Morgan fingerprint density at radius 2 is 1.60 bits per heavy atom. The predicted molar refractivity (Wildman–Crippen MR) is 97.9 cm³/mol. The maximum Gasteiger partial charge on any atom is 0.319 e. The summed E-state index contributed by atoms with van der Waals surface area (Å²) in [5.41, 5.74) is 3.79. The SMILES string of the molecule is COc1cc(CNC(=O)Nc2ccc(C)cc2C)cc(OC)c1OC. The van der Waals surface area contributed by atoms with Crippen LogP contribution >= 0.6 is 0 Å². The van der Waals surface area contributed by atoms with E-state index >= 15 is 0 Å². The average Bonchev–Trinajstić information content (AvgIpc) is 2.61. The minimum atomic E-state index is -0.277. The molecule has 6 heteroatoms. The molecule has 0 radical (unpaired) electrons. The zero-order valence-electron chi connectivity index (χ0n) is 15.2. The van der Waals surface area contributed by atoms with Gasteiger partial charge in [0, 0.05) is 12.2 Å². The molecular formula is C19H24N2O4. The third-order valence-electron chi connectivity index (χ3n) is 3.81. The Labute approximate surface area is 148 Å². The zero-order valence-corrected chi connectivity index (χ0v) is 15.2. The van der Waals surface area contributed by atoms with Gasteiger partial charge in [-0.15, -0.1) is 0 Å². The molecule has 0 bridgehead atoms. The van der Waals surface area contributed by atoms with Gasteiger partial charge in [-0.3, -0.25) is 0 Å². The van der Waals surface area contributed by atoms with Gasteiger partial charge in [0.15, 0.2) is 11.5 Å². The lowest BCUT2D eigenvalue weighted by Crippen LogP contribution is -2.28. The van der Waals surface area contributed by atoms with E-state index in [9.17, 15) is 4.79 Å². The summed E-state index contributed by atoms with van der Waals surface area (Å²) in [6.07, 6.45) is 0. The summed E-state index contributed by atoms with van der Waals surface area (Å²) in [5, 5.41) is 5.68. The molecule has 0 aliphatic carbocycles. The highest BCUT2D eigenvalue weighted by atomic mass is 16.5. The fourth-order valence-corrected chi connectivity index (χ4v) is 2.54. The van der Waals surface area contributed by atoms with Crippen LogP contribution in [-0.4, -0.2) is 27.4 Å². The Kier molecular flexibility index (Phi) is 6.11. The number of benzene rings is 2. The number of nitrogens with one attached hydrogen (secondary N) is 2. The molecule has 0 aromatic heterocycles. The van der Waals surface area contributed by atoms with Gasteiger partial charge in [0.05, 0.1) is 21.3 Å². The maximum absolute atomic E-state index is 12.1. The molecule has 2 aromatic rings. The van der Waals surface area contributed by atoms with Crippen molar-refractivity contribution in [2.24, 2.45) is 0 Å². The van der Waals surface area contributed by atoms with Gasteiger partial charge in [0.1, 0.15) is 0 Å². The number of hydrogen-bond donors (Lipinski definition) is 2. The highest BCUT2D eigenvalue weighted by molar-refractivity contribution is 5.90. The van der Waals surface area contributed by atoms with Crippen LogP contribution in [-0.2, 0) is 6.54 Å². The number of anilines is 1. The van der Waals surface area contributed by atoms with Gasteiger partial charge in [0.25, 0.3) is 0 Å². The van der Waals surface area contributed by atoms with E-state index in [-0.39, 0.29) is 6.03 Å². The van der Waals surface area contributed by atoms with Crippen molar-refractivity contribution in [1.29, 1.82) is 0 Å². The van der Waals surface area contributed by atoms with Gasteiger partial charge in [-0.25, -0.2) is 4.79 Å². The fraction of sp³-hybridized carbons (Fsp3) is 0.316. The van der Waals surface area contributed by atoms with Crippen molar-refractivity contribution in [3.8, 4) is 17.2 Å². The highest BCUT2D eigenvalue weighted by Crippen LogP contribution is 2.38. The number of amides is 2. The standard InChI is InChI=1S/C19H24N2O4/c1-12-6-7-15(13(2)8-12)21-19(22)20-11-14-9-16(23-3)18(25-5)17(10-14)24-4/h6-10H,11H2,1-5H3,(H2,20,21,22). The molecule has 2 N–H and O–H groups in total. The lowest BCUT2D eigenvalue weighted by atomic mass is 10.1. The lowest BCUT2D eigenvalue weighted by molar-refractivity contribution is 0.251. The van der Waals surface area contributed by atoms with E-state index in [1.807, 2.05) is 32.0 Å². The van der Waals surface area contributed by atoms with Crippen LogP contribution in [0.1, 0.15) is 16.7 Å². The third-order valence-corrected chi connectivity index (χ3v) is 3.81. The summed E-state index contributed by atoms with van der Waals surface area (Å²) in [6.45, 7) is 4.30. The second-order valence-corrected chi connectivity index (χ2v) is 5.66. The van der Waals surface area contributed by atoms with Crippen LogP contribution in [0.4, 0.5) is 10.5 Å². The van der Waals surface area contributed by atoms with E-state index in [2.05, 4.69) is 10.6 Å². The van der Waals surface area contributed by atoms with Crippen molar-refractivity contribution in [3.05, 3.63) is 47.0 Å². The average molecular weight is 344 g/mol. The van der Waals surface area contributed by atoms with Gasteiger partial charge in [-0.05, 0) is 43.2 Å². The Morgan fingerprint density at radius 3 is 2.12 bits per heavy atom. The van der Waals surface area contributed by atoms with Gasteiger partial charge in [-0.1, -0.05) is 17.7 Å². The van der Waals surface area contributed by atoms with Crippen LogP contribution < -0.4 is 24.8 Å². The van der Waals surface area contributed by atoms with E-state index in [0.717, 1.165) is 22.4 Å². The molecule has 134 valence electrons. The molecule has 0 spiro atoms. The van der Waals surface area contributed by atoms with E-state index in [1.54, 1.807) is 33.5 Å². The maximum atomic E-state index is 12.1. The first-order valence-corrected chi connectivity index (χ1v) is 7.89. The van der Waals surface area contributed by atoms with E-state index < -0.39 is 0 Å². The number of ether oxygens (including phenoxy) is 3. The smallest absolute Gasteiger partial charge is 0.319 e. The molecule has 0 saturated carbocycles. The Hall–Kier alpha value is -2.89. The molecule has 0 fully saturated rings. The molecule has 2 amide bonds. The van der Waals surface area contributed by atoms with Crippen LogP contribution in [0, 0.1) is 13.8 Å². The monoisotopic (exact) mass is 344 g/mol. The summed E-state index contributed by atoms with van der Waals surface area (Å²) in [4.78, 5) is 12.1. The molecular weight excluding hydrogens is 320 g/mol. The summed E-state index contributed by atoms with van der Waals surface area (Å²) in [7, 11) is 4.67. The predicted octanol–water partition coefficient (Wildman–Crippen LogP) is 3.65. The molecule has 2 aromatic carbocycles. The van der Waals surface area contributed by atoms with Crippen molar-refractivity contribution in [1.82, 2.24) is 5.32 Å². The van der Waals surface area contributed by atoms with Gasteiger partial charge in [0.2, 0.25) is 5.75 Å². The molecule has 0 atom stereocenters. The van der Waals surface area contributed by atoms with Crippen LogP contribution in [0.15, 0.2) is 30.3 Å². The Morgan fingerprint density at radius 1 is 0.960 bits per heavy atom. The van der Waals surface area contributed by atoms with Crippen molar-refractivity contribution in [2.75, 3.05) is 26.6 Å². The zero-order chi connectivity index (χ0) is 18.4. The van der Waals surface area contributed by atoms with E-state index in [0.29, 0.717) is 23.8 Å². The first-order valence-electron chi connectivity index (χ1n) is 7.89. The largest absolute Gasteiger partial charge is 0.493 e. The first-order chi connectivity index (χ1) is 12.0. The first kappa shape index (κ1) is 18.4. The molecule has 6 nitrogen and oxygen atoms in total. The minimum absolute atomic E-state index is 0.277. The molecule has 0 unspecified atom stereocenters. The van der Waals surface area contributed by atoms with Crippen LogP contribution in [0.25, 0.3) is 0 Å². The minimum Gasteiger partial charge on any atom is -0.493 e. The fourth-order valence-electron chi connectivity index (χ4n) is 2.54. The van der Waals surface area contributed by atoms with Crippen LogP contribution in [0.2, 0.25) is 0 Å². The lowest BCUT2D eigenvalue weighted by Gasteiger charge is -2.15. The second kappa shape index (κ2) is 8.28. The molecule has 0 heterocycles. The van der Waals surface area contributed by atoms with Crippen molar-refractivity contribution in [3.63, 3.8) is 0 Å². The van der Waals surface area contributed by atoms with E-state index in [1.165, 1.54) is 0 Å². The summed E-state index contributed by atoms with van der Waals surface area (Å²) in [6, 6.07) is 9.21. The number of urea groups is 1. The van der Waals surface area contributed by atoms with Gasteiger partial charge in [-0.2, -0.15) is 0 Å². The number of methoxy groups -OCH3 is 3. The highest BCUT2D eigenvalue weighted by Gasteiger charge is 2.13. The van der Waals surface area contributed by atoms with Crippen molar-refractivity contribution < 1.29 is 19.0 Å². The molecule has 0 aliphatic rings. The van der Waals surface area contributed by atoms with Gasteiger partial charge < -0.3 is 24.8 Å². The third kappa shape index (κ3) is 4.56. The summed E-state index contributed by atoms with van der Waals surface area (Å²) in [5.74, 6) is 1.62. The second-order valence-electron chi connectivity index (χ2n) is 5.66. The number of hydrogen-bond acceptors (Lipinski definition) is 4. The van der Waals surface area contributed by atoms with Crippen molar-refractivity contribution in [2.45, 2.75) is 20.4 Å². The molecule has 0 saturated heterocycles. The van der Waals surface area contributed by atoms with E-state index in [4.69, 9.17) is 14.2 Å². The Bertz CT molecular complexity index is 734. The normalized spacial score (nSPS) is 10.1. The van der Waals surface area contributed by atoms with Crippen LogP contribution in [0.5, 0.6) is 17.2 Å². The summed E-state index contributed by atoms with van der Waals surface area (Å²) < 4.78 is 15.9. The number of carbonyl (C=O) groups is 1. The quantitative estimate of drug-likeness (QED) is 0.839. The number of rotatable bonds is 6. The number of aryl methyl sites for hydroxylation is 2. The molecule has 0 aliphatic heterocycles. The molecule has 2 rings (SSSR count).